The summed E-state index contributed by atoms with van der Waals surface area (Å²) in [4.78, 5) is 18.4. The van der Waals surface area contributed by atoms with Gasteiger partial charge in [-0.2, -0.15) is 0 Å². The summed E-state index contributed by atoms with van der Waals surface area (Å²) in [6.45, 7) is 5.88. The molecule has 6 heteroatoms. The Labute approximate surface area is 168 Å². The van der Waals surface area contributed by atoms with Crippen molar-refractivity contribution in [2.45, 2.75) is 90.5 Å². The van der Waals surface area contributed by atoms with Gasteiger partial charge >= 0.3 is 0 Å². The SMILES string of the molecule is Cc1nc(NC(=O)C2CCCCC2NCCCCCCCCCN)sc1C. The highest BCUT2D eigenvalue weighted by atomic mass is 32.1. The lowest BCUT2D eigenvalue weighted by Crippen LogP contribution is -2.44. The minimum Gasteiger partial charge on any atom is -0.330 e. The standard InChI is InChI=1S/C21H38N4OS/c1-16-17(2)27-21(24-16)25-20(26)18-12-8-9-13-19(18)23-15-11-7-5-3-4-6-10-14-22/h18-19,23H,3-15,22H2,1-2H3,(H,24,25,26). The van der Waals surface area contributed by atoms with Crippen molar-refractivity contribution >= 4 is 22.4 Å². The van der Waals surface area contributed by atoms with Crippen LogP contribution in [0.2, 0.25) is 0 Å². The van der Waals surface area contributed by atoms with E-state index in [9.17, 15) is 4.79 Å². The number of anilines is 1. The molecule has 0 bridgehead atoms. The fourth-order valence-corrected chi connectivity index (χ4v) is 4.67. The zero-order valence-corrected chi connectivity index (χ0v) is 18.0. The molecule has 0 aromatic carbocycles. The highest BCUT2D eigenvalue weighted by Crippen LogP contribution is 2.27. The number of aromatic nitrogens is 1. The lowest BCUT2D eigenvalue weighted by atomic mass is 9.83. The average molecular weight is 395 g/mol. The molecule has 2 atom stereocenters. The molecule has 0 aliphatic heterocycles. The molecule has 1 saturated carbocycles. The molecule has 0 radical (unpaired) electrons. The second kappa shape index (κ2) is 12.5. The van der Waals surface area contributed by atoms with Crippen LogP contribution in [0.15, 0.2) is 0 Å². The summed E-state index contributed by atoms with van der Waals surface area (Å²) in [5.74, 6) is 0.209. The highest BCUT2D eigenvalue weighted by Gasteiger charge is 2.30. The van der Waals surface area contributed by atoms with E-state index in [-0.39, 0.29) is 11.8 Å². The van der Waals surface area contributed by atoms with E-state index < -0.39 is 0 Å². The van der Waals surface area contributed by atoms with Crippen LogP contribution in [-0.4, -0.2) is 30.0 Å². The predicted molar refractivity (Wildman–Crippen MR) is 115 cm³/mol. The number of carbonyl (C=O) groups excluding carboxylic acids is 1. The van der Waals surface area contributed by atoms with E-state index in [0.717, 1.165) is 49.6 Å². The number of rotatable bonds is 12. The smallest absolute Gasteiger partial charge is 0.230 e. The minimum absolute atomic E-state index is 0.0690. The number of thiazole rings is 1. The van der Waals surface area contributed by atoms with Crippen molar-refractivity contribution in [2.24, 2.45) is 11.7 Å². The van der Waals surface area contributed by atoms with Gasteiger partial charge in [-0.1, -0.05) is 44.9 Å². The number of nitrogens with zero attached hydrogens (tertiary/aromatic N) is 1. The van der Waals surface area contributed by atoms with Crippen LogP contribution in [0.3, 0.4) is 0 Å². The van der Waals surface area contributed by atoms with Crippen LogP contribution < -0.4 is 16.4 Å². The number of carbonyl (C=O) groups is 1. The minimum atomic E-state index is 0.0690. The molecule has 1 heterocycles. The van der Waals surface area contributed by atoms with Crippen LogP contribution in [0.5, 0.6) is 0 Å². The quantitative estimate of drug-likeness (QED) is 0.455. The van der Waals surface area contributed by atoms with Gasteiger partial charge in [0.2, 0.25) is 5.91 Å². The second-order valence-corrected chi connectivity index (χ2v) is 9.07. The van der Waals surface area contributed by atoms with Gasteiger partial charge in [-0.05, 0) is 52.6 Å². The van der Waals surface area contributed by atoms with Crippen LogP contribution in [0.4, 0.5) is 5.13 Å². The second-order valence-electron chi connectivity index (χ2n) is 7.86. The summed E-state index contributed by atoms with van der Waals surface area (Å²) in [7, 11) is 0. The third-order valence-electron chi connectivity index (χ3n) is 5.65. The van der Waals surface area contributed by atoms with Crippen molar-refractivity contribution in [2.75, 3.05) is 18.4 Å². The fraction of sp³-hybridized carbons (Fsp3) is 0.810. The molecular formula is C21H38N4OS. The monoisotopic (exact) mass is 394 g/mol. The largest absolute Gasteiger partial charge is 0.330 e. The van der Waals surface area contributed by atoms with E-state index in [1.54, 1.807) is 11.3 Å². The highest BCUT2D eigenvalue weighted by molar-refractivity contribution is 7.15. The van der Waals surface area contributed by atoms with Gasteiger partial charge in [0.15, 0.2) is 5.13 Å². The Morgan fingerprint density at radius 3 is 2.41 bits per heavy atom. The normalized spacial score (nSPS) is 20.0. The van der Waals surface area contributed by atoms with Crippen LogP contribution in [-0.2, 0) is 4.79 Å². The first-order valence-corrected chi connectivity index (χ1v) is 11.6. The van der Waals surface area contributed by atoms with Gasteiger partial charge in [0.25, 0.3) is 0 Å². The molecule has 0 saturated heterocycles. The molecule has 1 aliphatic carbocycles. The Hall–Kier alpha value is -0.980. The average Bonchev–Trinajstić information content (AvgIpc) is 2.97. The van der Waals surface area contributed by atoms with Crippen molar-refractivity contribution in [3.8, 4) is 0 Å². The molecule has 5 nitrogen and oxygen atoms in total. The first-order chi connectivity index (χ1) is 13.1. The predicted octanol–water partition coefficient (Wildman–Crippen LogP) is 4.54. The molecular weight excluding hydrogens is 356 g/mol. The number of amides is 1. The summed E-state index contributed by atoms with van der Waals surface area (Å²) in [5.41, 5.74) is 6.53. The lowest BCUT2D eigenvalue weighted by Gasteiger charge is -2.31. The number of nitrogens with two attached hydrogens (primary N) is 1. The Kier molecular flexibility index (Phi) is 10.3. The molecule has 27 heavy (non-hydrogen) atoms. The van der Waals surface area contributed by atoms with E-state index in [2.05, 4.69) is 15.6 Å². The van der Waals surface area contributed by atoms with Crippen molar-refractivity contribution in [1.29, 1.82) is 0 Å². The summed E-state index contributed by atoms with van der Waals surface area (Å²) < 4.78 is 0. The van der Waals surface area contributed by atoms with Crippen LogP contribution in [0.1, 0.15) is 81.2 Å². The third kappa shape index (κ3) is 7.88. The van der Waals surface area contributed by atoms with Crippen molar-refractivity contribution in [3.63, 3.8) is 0 Å². The van der Waals surface area contributed by atoms with E-state index >= 15 is 0 Å². The molecule has 154 valence electrons. The maximum Gasteiger partial charge on any atom is 0.230 e. The summed E-state index contributed by atoms with van der Waals surface area (Å²) in [6, 6.07) is 0.311. The summed E-state index contributed by atoms with van der Waals surface area (Å²) in [5, 5.41) is 7.47. The maximum absolute atomic E-state index is 12.8. The Morgan fingerprint density at radius 1 is 1.07 bits per heavy atom. The van der Waals surface area contributed by atoms with E-state index in [0.29, 0.717) is 6.04 Å². The Bertz CT molecular complexity index is 541. The topological polar surface area (TPSA) is 80.0 Å². The molecule has 1 aromatic heterocycles. The molecule has 1 fully saturated rings. The molecule has 1 aliphatic rings. The van der Waals surface area contributed by atoms with E-state index in [1.165, 1.54) is 49.8 Å². The first kappa shape index (κ1) is 22.3. The Morgan fingerprint density at radius 2 is 1.74 bits per heavy atom. The molecule has 1 amide bonds. The molecule has 2 unspecified atom stereocenters. The number of nitrogens with one attached hydrogen (secondary N) is 2. The molecule has 1 aromatic rings. The van der Waals surface area contributed by atoms with Crippen LogP contribution in [0, 0.1) is 19.8 Å². The van der Waals surface area contributed by atoms with Gasteiger partial charge < -0.3 is 16.4 Å². The van der Waals surface area contributed by atoms with Gasteiger partial charge in [0.1, 0.15) is 0 Å². The van der Waals surface area contributed by atoms with Crippen molar-refractivity contribution in [1.82, 2.24) is 10.3 Å². The summed E-state index contributed by atoms with van der Waals surface area (Å²) >= 11 is 1.57. The van der Waals surface area contributed by atoms with Gasteiger partial charge in [0, 0.05) is 10.9 Å². The molecule has 0 spiro atoms. The van der Waals surface area contributed by atoms with E-state index in [1.807, 2.05) is 13.8 Å². The van der Waals surface area contributed by atoms with Gasteiger partial charge in [-0.3, -0.25) is 4.79 Å². The molecule has 2 rings (SSSR count). The van der Waals surface area contributed by atoms with E-state index in [4.69, 9.17) is 5.73 Å². The Balaban J connectivity index is 1.67. The van der Waals surface area contributed by atoms with Crippen molar-refractivity contribution < 1.29 is 4.79 Å². The number of aryl methyl sites for hydroxylation is 2. The first-order valence-electron chi connectivity index (χ1n) is 10.8. The zero-order chi connectivity index (χ0) is 19.5. The van der Waals surface area contributed by atoms with Crippen LogP contribution >= 0.6 is 11.3 Å². The van der Waals surface area contributed by atoms with Gasteiger partial charge in [0.05, 0.1) is 11.6 Å². The molecule has 4 N–H and O–H groups in total. The van der Waals surface area contributed by atoms with Crippen LogP contribution in [0.25, 0.3) is 0 Å². The number of hydrogen-bond donors (Lipinski definition) is 3. The maximum atomic E-state index is 12.8. The number of hydrogen-bond acceptors (Lipinski definition) is 5. The van der Waals surface area contributed by atoms with Gasteiger partial charge in [-0.15, -0.1) is 11.3 Å². The van der Waals surface area contributed by atoms with Crippen molar-refractivity contribution in [3.05, 3.63) is 10.6 Å². The third-order valence-corrected chi connectivity index (χ3v) is 6.64. The zero-order valence-electron chi connectivity index (χ0n) is 17.2. The van der Waals surface area contributed by atoms with Gasteiger partial charge in [-0.25, -0.2) is 4.98 Å². The lowest BCUT2D eigenvalue weighted by molar-refractivity contribution is -0.121. The number of unbranched alkanes of at least 4 members (excludes halogenated alkanes) is 6. The fourth-order valence-electron chi connectivity index (χ4n) is 3.85. The summed E-state index contributed by atoms with van der Waals surface area (Å²) in [6.07, 6.45) is 13.3.